The second kappa shape index (κ2) is 5.35. The maximum Gasteiger partial charge on any atom is 0.157 e. The zero-order valence-electron chi connectivity index (χ0n) is 11.6. The third kappa shape index (κ3) is 3.29. The van der Waals surface area contributed by atoms with E-state index in [-0.39, 0.29) is 5.41 Å². The fraction of sp³-hybridized carbons (Fsp3) is 0.533. The number of hydrogen-bond acceptors (Lipinski definition) is 3. The first-order valence-corrected chi connectivity index (χ1v) is 7.47. The van der Waals surface area contributed by atoms with Gasteiger partial charge in [-0.3, -0.25) is 4.99 Å². The highest BCUT2D eigenvalue weighted by Crippen LogP contribution is 2.30. The van der Waals surface area contributed by atoms with Crippen molar-refractivity contribution >= 4 is 16.9 Å². The zero-order valence-corrected chi connectivity index (χ0v) is 12.4. The van der Waals surface area contributed by atoms with Gasteiger partial charge in [0.15, 0.2) is 5.17 Å². The summed E-state index contributed by atoms with van der Waals surface area (Å²) >= 11 is 1.83. The minimum absolute atomic E-state index is 0.258. The smallest absolute Gasteiger partial charge is 0.157 e. The van der Waals surface area contributed by atoms with Crippen molar-refractivity contribution in [2.45, 2.75) is 39.8 Å². The van der Waals surface area contributed by atoms with Crippen molar-refractivity contribution in [3.05, 3.63) is 35.9 Å². The number of thioether (sulfide) groups is 1. The lowest BCUT2D eigenvalue weighted by molar-refractivity contribution is 0.317. The van der Waals surface area contributed by atoms with E-state index < -0.39 is 0 Å². The van der Waals surface area contributed by atoms with Crippen LogP contribution in [0.5, 0.6) is 0 Å². The Morgan fingerprint density at radius 1 is 1.28 bits per heavy atom. The number of hydrogen-bond donors (Lipinski definition) is 1. The molecule has 1 aliphatic heterocycles. The molecule has 2 nitrogen and oxygen atoms in total. The molecule has 1 N–H and O–H groups in total. The van der Waals surface area contributed by atoms with E-state index in [4.69, 9.17) is 4.99 Å². The SMILES string of the molecule is CC(NC1=NC(c2ccccc2)CS1)C(C)(C)C. The number of benzene rings is 1. The predicted octanol–water partition coefficient (Wildman–Crippen LogP) is 3.85. The predicted molar refractivity (Wildman–Crippen MR) is 81.1 cm³/mol. The van der Waals surface area contributed by atoms with E-state index in [1.54, 1.807) is 0 Å². The standard InChI is InChI=1S/C15H22N2S/c1-11(15(2,3)4)16-14-17-13(10-18-14)12-8-6-5-7-9-12/h5-9,11,13H,10H2,1-4H3,(H,16,17). The molecule has 0 fully saturated rings. The molecule has 2 unspecified atom stereocenters. The lowest BCUT2D eigenvalue weighted by atomic mass is 9.88. The molecule has 1 heterocycles. The average molecular weight is 262 g/mol. The molecule has 0 amide bonds. The molecule has 0 radical (unpaired) electrons. The van der Waals surface area contributed by atoms with Gasteiger partial charge in [0.25, 0.3) is 0 Å². The van der Waals surface area contributed by atoms with Crippen LogP contribution in [-0.2, 0) is 0 Å². The number of nitrogens with one attached hydrogen (secondary N) is 1. The maximum atomic E-state index is 4.78. The minimum Gasteiger partial charge on any atom is -0.362 e. The van der Waals surface area contributed by atoms with E-state index in [9.17, 15) is 0 Å². The second-order valence-corrected chi connectivity index (χ2v) is 6.91. The number of amidine groups is 1. The molecule has 98 valence electrons. The molecule has 0 spiro atoms. The van der Waals surface area contributed by atoms with Crippen LogP contribution in [0.1, 0.15) is 39.3 Å². The van der Waals surface area contributed by atoms with Crippen LogP contribution in [0.2, 0.25) is 0 Å². The monoisotopic (exact) mass is 262 g/mol. The number of aliphatic imine (C=N–C) groups is 1. The van der Waals surface area contributed by atoms with Crippen LogP contribution in [0.15, 0.2) is 35.3 Å². The summed E-state index contributed by atoms with van der Waals surface area (Å²) in [5, 5.41) is 4.62. The van der Waals surface area contributed by atoms with Crippen LogP contribution in [-0.4, -0.2) is 17.0 Å². The van der Waals surface area contributed by atoms with Crippen LogP contribution < -0.4 is 5.32 Å². The summed E-state index contributed by atoms with van der Waals surface area (Å²) in [5.41, 5.74) is 1.57. The highest BCUT2D eigenvalue weighted by atomic mass is 32.2. The Bertz CT molecular complexity index is 420. The lowest BCUT2D eigenvalue weighted by Gasteiger charge is -2.28. The second-order valence-electron chi connectivity index (χ2n) is 5.90. The molecular weight excluding hydrogens is 240 g/mol. The van der Waals surface area contributed by atoms with Gasteiger partial charge in [0.1, 0.15) is 0 Å². The summed E-state index contributed by atoms with van der Waals surface area (Å²) in [7, 11) is 0. The summed E-state index contributed by atoms with van der Waals surface area (Å²) in [6.07, 6.45) is 0. The van der Waals surface area contributed by atoms with Gasteiger partial charge < -0.3 is 5.32 Å². The molecule has 18 heavy (non-hydrogen) atoms. The Labute approximate surface area is 114 Å². The van der Waals surface area contributed by atoms with E-state index in [0.29, 0.717) is 12.1 Å². The van der Waals surface area contributed by atoms with Gasteiger partial charge in [0, 0.05) is 11.8 Å². The third-order valence-corrected chi connectivity index (χ3v) is 4.45. The van der Waals surface area contributed by atoms with Gasteiger partial charge in [-0.05, 0) is 17.9 Å². The summed E-state index contributed by atoms with van der Waals surface area (Å²) < 4.78 is 0. The summed E-state index contributed by atoms with van der Waals surface area (Å²) in [6.45, 7) is 8.97. The summed E-state index contributed by atoms with van der Waals surface area (Å²) in [4.78, 5) is 4.78. The highest BCUT2D eigenvalue weighted by molar-refractivity contribution is 8.14. The van der Waals surface area contributed by atoms with Crippen molar-refractivity contribution in [3.8, 4) is 0 Å². The molecule has 3 heteroatoms. The van der Waals surface area contributed by atoms with Crippen molar-refractivity contribution < 1.29 is 0 Å². The molecular formula is C15H22N2S. The Morgan fingerprint density at radius 2 is 1.94 bits per heavy atom. The first kappa shape index (κ1) is 13.5. The molecule has 0 saturated heterocycles. The first-order chi connectivity index (χ1) is 8.47. The topological polar surface area (TPSA) is 24.4 Å². The van der Waals surface area contributed by atoms with Crippen molar-refractivity contribution in [2.75, 3.05) is 5.75 Å². The van der Waals surface area contributed by atoms with E-state index in [1.165, 1.54) is 5.56 Å². The Balaban J connectivity index is 2.01. The largest absolute Gasteiger partial charge is 0.362 e. The minimum atomic E-state index is 0.258. The van der Waals surface area contributed by atoms with Crippen LogP contribution in [0.25, 0.3) is 0 Å². The van der Waals surface area contributed by atoms with Gasteiger partial charge in [-0.15, -0.1) is 0 Å². The molecule has 0 saturated carbocycles. The molecule has 2 atom stereocenters. The van der Waals surface area contributed by atoms with Gasteiger partial charge in [0.05, 0.1) is 6.04 Å². The fourth-order valence-corrected chi connectivity index (χ4v) is 2.75. The molecule has 2 rings (SSSR count). The normalized spacial score (nSPS) is 21.6. The van der Waals surface area contributed by atoms with Crippen LogP contribution >= 0.6 is 11.8 Å². The lowest BCUT2D eigenvalue weighted by Crippen LogP contribution is -2.39. The van der Waals surface area contributed by atoms with E-state index in [0.717, 1.165) is 10.9 Å². The maximum absolute atomic E-state index is 4.78. The molecule has 0 aromatic heterocycles. The molecule has 1 aliphatic rings. The Kier molecular flexibility index (Phi) is 4.00. The van der Waals surface area contributed by atoms with Crippen molar-refractivity contribution in [1.29, 1.82) is 0 Å². The van der Waals surface area contributed by atoms with Gasteiger partial charge in [-0.2, -0.15) is 0 Å². The molecule has 0 bridgehead atoms. The van der Waals surface area contributed by atoms with Crippen molar-refractivity contribution in [3.63, 3.8) is 0 Å². The van der Waals surface area contributed by atoms with Crippen LogP contribution in [0, 0.1) is 5.41 Å². The summed E-state index contributed by atoms with van der Waals surface area (Å²) in [5.74, 6) is 1.04. The molecule has 1 aromatic carbocycles. The van der Waals surface area contributed by atoms with Gasteiger partial charge >= 0.3 is 0 Å². The Hall–Kier alpha value is -0.960. The Morgan fingerprint density at radius 3 is 2.56 bits per heavy atom. The van der Waals surface area contributed by atoms with Gasteiger partial charge in [-0.1, -0.05) is 62.9 Å². The van der Waals surface area contributed by atoms with Gasteiger partial charge in [-0.25, -0.2) is 0 Å². The number of nitrogens with zero attached hydrogens (tertiary/aromatic N) is 1. The number of rotatable bonds is 2. The zero-order chi connectivity index (χ0) is 13.2. The van der Waals surface area contributed by atoms with E-state index >= 15 is 0 Å². The van der Waals surface area contributed by atoms with Crippen molar-refractivity contribution in [1.82, 2.24) is 5.32 Å². The molecule has 1 aromatic rings. The quantitative estimate of drug-likeness (QED) is 0.875. The first-order valence-electron chi connectivity index (χ1n) is 6.49. The van der Waals surface area contributed by atoms with Gasteiger partial charge in [0.2, 0.25) is 0 Å². The van der Waals surface area contributed by atoms with Crippen molar-refractivity contribution in [2.24, 2.45) is 10.4 Å². The summed E-state index contributed by atoms with van der Waals surface area (Å²) in [6, 6.07) is 11.3. The van der Waals surface area contributed by atoms with E-state index in [2.05, 4.69) is 63.3 Å². The van der Waals surface area contributed by atoms with E-state index in [1.807, 2.05) is 11.8 Å². The molecule has 0 aliphatic carbocycles. The average Bonchev–Trinajstić information content (AvgIpc) is 2.77. The van der Waals surface area contributed by atoms with Crippen LogP contribution in [0.3, 0.4) is 0 Å². The fourth-order valence-electron chi connectivity index (χ4n) is 1.70. The third-order valence-electron chi connectivity index (χ3n) is 3.47. The highest BCUT2D eigenvalue weighted by Gasteiger charge is 2.25. The van der Waals surface area contributed by atoms with Crippen LogP contribution in [0.4, 0.5) is 0 Å².